The molecule has 35 heavy (non-hydrogen) atoms. The molecule has 3 fully saturated rings. The number of piperidine rings is 1. The van der Waals surface area contributed by atoms with Gasteiger partial charge < -0.3 is 4.74 Å². The lowest BCUT2D eigenvalue weighted by atomic mass is 9.87. The molecule has 1 aromatic heterocycles. The van der Waals surface area contributed by atoms with Crippen molar-refractivity contribution in [2.75, 3.05) is 26.2 Å². The monoisotopic (exact) mass is 490 g/mol. The summed E-state index contributed by atoms with van der Waals surface area (Å²) in [6, 6.07) is 24.9. The SMILES string of the molecule is Fc1ccc(C(OCCN2CC3CC(C2)N3Cc2cc3ccccc3s2)c2ccc(F)cc2)cc1. The van der Waals surface area contributed by atoms with Crippen LogP contribution < -0.4 is 0 Å². The highest BCUT2D eigenvalue weighted by molar-refractivity contribution is 7.19. The highest BCUT2D eigenvalue weighted by Gasteiger charge is 2.44. The molecular weight excluding hydrogens is 462 g/mol. The van der Waals surface area contributed by atoms with E-state index in [0.29, 0.717) is 18.7 Å². The summed E-state index contributed by atoms with van der Waals surface area (Å²) in [5.41, 5.74) is 1.74. The molecule has 3 saturated heterocycles. The fourth-order valence-corrected chi connectivity index (χ4v) is 6.54. The summed E-state index contributed by atoms with van der Waals surface area (Å²) >= 11 is 1.91. The second-order valence-corrected chi connectivity index (χ2v) is 10.7. The predicted molar refractivity (Wildman–Crippen MR) is 137 cm³/mol. The van der Waals surface area contributed by atoms with Gasteiger partial charge in [0.1, 0.15) is 17.7 Å². The average molecular weight is 491 g/mol. The maximum absolute atomic E-state index is 13.5. The smallest absolute Gasteiger partial charge is 0.123 e. The Labute approximate surface area is 208 Å². The first-order valence-corrected chi connectivity index (χ1v) is 13.0. The van der Waals surface area contributed by atoms with Gasteiger partial charge in [0.2, 0.25) is 0 Å². The minimum Gasteiger partial charge on any atom is -0.367 e. The summed E-state index contributed by atoms with van der Waals surface area (Å²) in [5.74, 6) is -0.557. The fourth-order valence-electron chi connectivity index (χ4n) is 5.47. The first-order chi connectivity index (χ1) is 17.1. The normalized spacial score (nSPS) is 20.4. The van der Waals surface area contributed by atoms with E-state index in [1.54, 1.807) is 24.3 Å². The number of rotatable bonds is 8. The van der Waals surface area contributed by atoms with Crippen molar-refractivity contribution in [2.24, 2.45) is 0 Å². The van der Waals surface area contributed by atoms with Crippen LogP contribution in [0.3, 0.4) is 0 Å². The molecule has 7 rings (SSSR count). The van der Waals surface area contributed by atoms with E-state index in [0.717, 1.165) is 37.3 Å². The lowest BCUT2D eigenvalue weighted by Gasteiger charge is -2.56. The lowest BCUT2D eigenvalue weighted by molar-refractivity contribution is -0.0811. The molecule has 0 amide bonds. The Hall–Kier alpha value is -2.64. The van der Waals surface area contributed by atoms with Crippen LogP contribution in [0.5, 0.6) is 0 Å². The first kappa shape index (κ1) is 22.8. The molecule has 2 bridgehead atoms. The average Bonchev–Trinajstić information content (AvgIpc) is 3.30. The van der Waals surface area contributed by atoms with Gasteiger partial charge in [-0.1, -0.05) is 42.5 Å². The molecule has 3 nitrogen and oxygen atoms in total. The van der Waals surface area contributed by atoms with Crippen LogP contribution in [0.1, 0.15) is 28.5 Å². The number of hydrogen-bond acceptors (Lipinski definition) is 4. The number of benzene rings is 3. The number of hydrogen-bond donors (Lipinski definition) is 0. The number of thiophene rings is 1. The molecule has 0 radical (unpaired) electrons. The summed E-state index contributed by atoms with van der Waals surface area (Å²) in [5, 5.41) is 1.34. The highest BCUT2D eigenvalue weighted by Crippen LogP contribution is 2.36. The van der Waals surface area contributed by atoms with Crippen molar-refractivity contribution in [3.63, 3.8) is 0 Å². The Bertz CT molecular complexity index is 1200. The quantitative estimate of drug-likeness (QED) is 0.291. The summed E-state index contributed by atoms with van der Waals surface area (Å²) in [6.07, 6.45) is 0.927. The first-order valence-electron chi connectivity index (χ1n) is 12.2. The number of ether oxygens (including phenoxy) is 1. The van der Waals surface area contributed by atoms with Crippen molar-refractivity contribution in [1.29, 1.82) is 0 Å². The van der Waals surface area contributed by atoms with E-state index < -0.39 is 0 Å². The number of nitrogens with zero attached hydrogens (tertiary/aromatic N) is 2. The lowest BCUT2D eigenvalue weighted by Crippen LogP contribution is -2.68. The minimum absolute atomic E-state index is 0.278. The van der Waals surface area contributed by atoms with Crippen LogP contribution in [0.4, 0.5) is 8.78 Å². The maximum atomic E-state index is 13.5. The number of fused-ring (bicyclic) bond motifs is 3. The van der Waals surface area contributed by atoms with Gasteiger partial charge in [-0.3, -0.25) is 9.80 Å². The Balaban J connectivity index is 1.05. The van der Waals surface area contributed by atoms with Crippen molar-refractivity contribution >= 4 is 21.4 Å². The zero-order chi connectivity index (χ0) is 23.8. The van der Waals surface area contributed by atoms with Gasteiger partial charge in [-0.25, -0.2) is 8.78 Å². The molecule has 4 aromatic rings. The van der Waals surface area contributed by atoms with Gasteiger partial charge in [-0.2, -0.15) is 0 Å². The van der Waals surface area contributed by atoms with Gasteiger partial charge in [0.15, 0.2) is 0 Å². The van der Waals surface area contributed by atoms with Crippen molar-refractivity contribution in [3.8, 4) is 0 Å². The molecule has 0 N–H and O–H groups in total. The van der Waals surface area contributed by atoms with E-state index in [-0.39, 0.29) is 17.7 Å². The van der Waals surface area contributed by atoms with E-state index in [1.807, 2.05) is 11.3 Å². The van der Waals surface area contributed by atoms with Gasteiger partial charge in [-0.15, -0.1) is 11.3 Å². The Morgan fingerprint density at radius 2 is 1.49 bits per heavy atom. The third-order valence-corrected chi connectivity index (χ3v) is 8.37. The second-order valence-electron chi connectivity index (χ2n) is 9.58. The fraction of sp³-hybridized carbons (Fsp3) is 0.310. The Kier molecular flexibility index (Phi) is 6.37. The van der Waals surface area contributed by atoms with E-state index >= 15 is 0 Å². The third-order valence-electron chi connectivity index (χ3n) is 7.27. The molecule has 4 heterocycles. The van der Waals surface area contributed by atoms with Crippen molar-refractivity contribution in [3.05, 3.63) is 107 Å². The van der Waals surface area contributed by atoms with Gasteiger partial charge in [0.25, 0.3) is 0 Å². The highest BCUT2D eigenvalue weighted by atomic mass is 32.1. The zero-order valence-corrected chi connectivity index (χ0v) is 20.3. The van der Waals surface area contributed by atoms with Crippen molar-refractivity contribution in [2.45, 2.75) is 31.2 Å². The summed E-state index contributed by atoms with van der Waals surface area (Å²) in [7, 11) is 0. The molecule has 3 aliphatic heterocycles. The zero-order valence-electron chi connectivity index (χ0n) is 19.4. The van der Waals surface area contributed by atoms with Crippen LogP contribution in [0, 0.1) is 11.6 Å². The van der Waals surface area contributed by atoms with Crippen LogP contribution in [0.15, 0.2) is 78.9 Å². The number of halogens is 2. The van der Waals surface area contributed by atoms with Crippen LogP contribution in [0.25, 0.3) is 10.1 Å². The number of piperazine rings is 1. The molecule has 3 aromatic carbocycles. The Morgan fingerprint density at radius 1 is 0.857 bits per heavy atom. The Morgan fingerprint density at radius 3 is 2.11 bits per heavy atom. The molecular formula is C29H28F2N2OS. The molecule has 6 heteroatoms. The van der Waals surface area contributed by atoms with Crippen LogP contribution in [0.2, 0.25) is 0 Å². The van der Waals surface area contributed by atoms with E-state index in [4.69, 9.17) is 4.74 Å². The molecule has 0 aliphatic carbocycles. The molecule has 2 unspecified atom stereocenters. The summed E-state index contributed by atoms with van der Waals surface area (Å²) in [4.78, 5) is 6.59. The van der Waals surface area contributed by atoms with Crippen molar-refractivity contribution < 1.29 is 13.5 Å². The van der Waals surface area contributed by atoms with Crippen LogP contribution in [-0.4, -0.2) is 48.1 Å². The molecule has 2 atom stereocenters. The van der Waals surface area contributed by atoms with Crippen molar-refractivity contribution in [1.82, 2.24) is 9.80 Å². The van der Waals surface area contributed by atoms with E-state index in [1.165, 1.54) is 45.6 Å². The van der Waals surface area contributed by atoms with Gasteiger partial charge in [0, 0.05) is 47.8 Å². The van der Waals surface area contributed by atoms with Crippen LogP contribution in [-0.2, 0) is 11.3 Å². The topological polar surface area (TPSA) is 15.7 Å². The van der Waals surface area contributed by atoms with Gasteiger partial charge in [0.05, 0.1) is 6.61 Å². The molecule has 0 saturated carbocycles. The van der Waals surface area contributed by atoms with Gasteiger partial charge in [-0.05, 0) is 59.3 Å². The van der Waals surface area contributed by atoms with Crippen LogP contribution >= 0.6 is 11.3 Å². The second kappa shape index (κ2) is 9.78. The van der Waals surface area contributed by atoms with E-state index in [9.17, 15) is 8.78 Å². The molecule has 180 valence electrons. The third kappa shape index (κ3) is 4.89. The summed E-state index contributed by atoms with van der Waals surface area (Å²) in [6.45, 7) is 4.57. The maximum Gasteiger partial charge on any atom is 0.123 e. The summed E-state index contributed by atoms with van der Waals surface area (Å²) < 4.78 is 34.6. The largest absolute Gasteiger partial charge is 0.367 e. The standard InChI is InChI=1S/C29H28F2N2OS/c30-23-9-5-20(6-10-23)29(21-7-11-24(31)12-8-21)34-14-13-32-17-25-16-26(18-32)33(25)19-27-15-22-3-1-2-4-28(22)35-27/h1-12,15,25-26,29H,13-14,16-19H2. The van der Waals surface area contributed by atoms with E-state index in [2.05, 4.69) is 40.1 Å². The van der Waals surface area contributed by atoms with Gasteiger partial charge >= 0.3 is 0 Å². The minimum atomic E-state index is -0.347. The molecule has 3 aliphatic rings. The predicted octanol–water partition coefficient (Wildman–Crippen LogP) is 6.24. The molecule has 0 spiro atoms.